The quantitative estimate of drug-likeness (QED) is 0.495. The van der Waals surface area contributed by atoms with Crippen LogP contribution in [-0.2, 0) is 0 Å². The van der Waals surface area contributed by atoms with Crippen LogP contribution in [0, 0.1) is 5.92 Å². The second-order valence-corrected chi connectivity index (χ2v) is 4.01. The molecule has 0 aromatic carbocycles. The zero-order valence-electron chi connectivity index (χ0n) is 7.01. The summed E-state index contributed by atoms with van der Waals surface area (Å²) in [4.78, 5) is 2.58. The van der Waals surface area contributed by atoms with Crippen LogP contribution in [0.4, 0.5) is 0 Å². The number of hydrogen-bond acceptors (Lipinski definition) is 1. The Labute approximate surface area is 63.4 Å². The lowest BCUT2D eigenvalue weighted by molar-refractivity contribution is 0.245. The molecule has 1 heteroatoms. The average molecular weight is 139 g/mol. The molecule has 1 saturated carbocycles. The second kappa shape index (κ2) is 2.23. The highest BCUT2D eigenvalue weighted by Gasteiger charge is 2.39. The Morgan fingerprint density at radius 1 is 1.30 bits per heavy atom. The highest BCUT2D eigenvalue weighted by atomic mass is 15.2. The lowest BCUT2D eigenvalue weighted by Gasteiger charge is -2.21. The van der Waals surface area contributed by atoms with Crippen molar-refractivity contribution in [1.82, 2.24) is 4.90 Å². The van der Waals surface area contributed by atoms with Gasteiger partial charge in [0.2, 0.25) is 0 Å². The number of likely N-dealkylation sites (tertiary alicyclic amines) is 1. The molecule has 1 aliphatic carbocycles. The van der Waals surface area contributed by atoms with Gasteiger partial charge in [-0.1, -0.05) is 6.42 Å². The summed E-state index contributed by atoms with van der Waals surface area (Å²) in [6.45, 7) is 2.36. The Morgan fingerprint density at radius 2 is 2.10 bits per heavy atom. The van der Waals surface area contributed by atoms with Gasteiger partial charge in [-0.3, -0.25) is 0 Å². The van der Waals surface area contributed by atoms with E-state index in [1.807, 2.05) is 0 Å². The minimum Gasteiger partial charge on any atom is -0.300 e. The molecule has 0 radical (unpaired) electrons. The number of rotatable bonds is 0. The van der Waals surface area contributed by atoms with Gasteiger partial charge in [0.15, 0.2) is 0 Å². The zero-order chi connectivity index (χ0) is 7.14. The maximum absolute atomic E-state index is 2.58. The van der Waals surface area contributed by atoms with Crippen LogP contribution in [0.3, 0.4) is 0 Å². The Balaban J connectivity index is 2.09. The van der Waals surface area contributed by atoms with Crippen molar-refractivity contribution in [2.24, 2.45) is 5.92 Å². The lowest BCUT2D eigenvalue weighted by Crippen LogP contribution is -2.30. The molecule has 2 unspecified atom stereocenters. The van der Waals surface area contributed by atoms with Crippen LogP contribution in [0.1, 0.15) is 32.6 Å². The molecule has 2 fully saturated rings. The van der Waals surface area contributed by atoms with E-state index in [9.17, 15) is 0 Å². The summed E-state index contributed by atoms with van der Waals surface area (Å²) >= 11 is 0. The highest BCUT2D eigenvalue weighted by molar-refractivity contribution is 4.93. The number of fused-ring (bicyclic) bond motifs is 1. The molecular formula is C9H17N. The van der Waals surface area contributed by atoms with Crippen LogP contribution >= 0.6 is 0 Å². The standard InChI is InChI=1S/C9H17N/c1-7-6-8-4-3-5-9(8)10(7)2/h7-9H,3-6H2,1-2H3/t7-,8?,9?/m1/s1. The largest absolute Gasteiger partial charge is 0.300 e. The van der Waals surface area contributed by atoms with Crippen LogP contribution in [0.15, 0.2) is 0 Å². The van der Waals surface area contributed by atoms with E-state index in [0.29, 0.717) is 0 Å². The highest BCUT2D eigenvalue weighted by Crippen LogP contribution is 2.39. The summed E-state index contributed by atoms with van der Waals surface area (Å²) in [7, 11) is 2.29. The first-order valence-corrected chi connectivity index (χ1v) is 4.51. The van der Waals surface area contributed by atoms with Gasteiger partial charge in [0.25, 0.3) is 0 Å². The Hall–Kier alpha value is -0.0400. The van der Waals surface area contributed by atoms with E-state index < -0.39 is 0 Å². The van der Waals surface area contributed by atoms with Gasteiger partial charge in [0, 0.05) is 12.1 Å². The van der Waals surface area contributed by atoms with Gasteiger partial charge in [-0.2, -0.15) is 0 Å². The predicted octanol–water partition coefficient (Wildman–Crippen LogP) is 1.88. The van der Waals surface area contributed by atoms with Gasteiger partial charge in [-0.25, -0.2) is 0 Å². The van der Waals surface area contributed by atoms with E-state index in [2.05, 4.69) is 18.9 Å². The number of nitrogens with zero attached hydrogens (tertiary/aromatic N) is 1. The summed E-state index contributed by atoms with van der Waals surface area (Å²) in [5.74, 6) is 1.06. The third-order valence-electron chi connectivity index (χ3n) is 3.48. The van der Waals surface area contributed by atoms with E-state index in [-0.39, 0.29) is 0 Å². The molecule has 10 heavy (non-hydrogen) atoms. The van der Waals surface area contributed by atoms with Gasteiger partial charge in [-0.15, -0.1) is 0 Å². The molecule has 58 valence electrons. The second-order valence-electron chi connectivity index (χ2n) is 4.01. The fourth-order valence-corrected chi connectivity index (χ4v) is 2.76. The van der Waals surface area contributed by atoms with E-state index in [1.54, 1.807) is 0 Å². The van der Waals surface area contributed by atoms with Crippen LogP contribution < -0.4 is 0 Å². The minimum absolute atomic E-state index is 0.857. The van der Waals surface area contributed by atoms with Crippen molar-refractivity contribution in [3.8, 4) is 0 Å². The molecule has 1 aliphatic heterocycles. The van der Waals surface area contributed by atoms with Crippen LogP contribution in [0.5, 0.6) is 0 Å². The molecule has 1 heterocycles. The molecule has 2 rings (SSSR count). The zero-order valence-corrected chi connectivity index (χ0v) is 7.01. The van der Waals surface area contributed by atoms with E-state index in [4.69, 9.17) is 0 Å². The van der Waals surface area contributed by atoms with Gasteiger partial charge in [0.1, 0.15) is 0 Å². The molecule has 0 amide bonds. The molecular weight excluding hydrogens is 122 g/mol. The predicted molar refractivity (Wildman–Crippen MR) is 43.0 cm³/mol. The first-order chi connectivity index (χ1) is 4.79. The van der Waals surface area contributed by atoms with Gasteiger partial charge in [-0.05, 0) is 39.2 Å². The average Bonchev–Trinajstić information content (AvgIpc) is 2.41. The van der Waals surface area contributed by atoms with Crippen LogP contribution in [0.25, 0.3) is 0 Å². The van der Waals surface area contributed by atoms with Crippen LogP contribution in [-0.4, -0.2) is 24.0 Å². The molecule has 1 nitrogen and oxygen atoms in total. The summed E-state index contributed by atoms with van der Waals surface area (Å²) in [5.41, 5.74) is 0. The fourth-order valence-electron chi connectivity index (χ4n) is 2.76. The van der Waals surface area contributed by atoms with E-state index in [1.165, 1.54) is 25.7 Å². The SMILES string of the molecule is C[C@@H]1CC2CCCC2N1C. The first-order valence-electron chi connectivity index (χ1n) is 4.51. The molecule has 0 aromatic heterocycles. The van der Waals surface area contributed by atoms with Gasteiger partial charge in [0.05, 0.1) is 0 Å². The maximum Gasteiger partial charge on any atom is 0.0124 e. The Kier molecular flexibility index (Phi) is 1.48. The van der Waals surface area contributed by atoms with Crippen molar-refractivity contribution in [3.05, 3.63) is 0 Å². The van der Waals surface area contributed by atoms with Crippen molar-refractivity contribution in [2.75, 3.05) is 7.05 Å². The minimum atomic E-state index is 0.857. The maximum atomic E-state index is 2.58. The fraction of sp³-hybridized carbons (Fsp3) is 1.00. The van der Waals surface area contributed by atoms with E-state index >= 15 is 0 Å². The molecule has 0 spiro atoms. The molecule has 0 bridgehead atoms. The molecule has 1 saturated heterocycles. The number of hydrogen-bond donors (Lipinski definition) is 0. The summed E-state index contributed by atoms with van der Waals surface area (Å²) < 4.78 is 0. The van der Waals surface area contributed by atoms with Gasteiger partial charge >= 0.3 is 0 Å². The summed E-state index contributed by atoms with van der Waals surface area (Å²) in [6, 6.07) is 1.81. The van der Waals surface area contributed by atoms with E-state index in [0.717, 1.165) is 18.0 Å². The van der Waals surface area contributed by atoms with Crippen molar-refractivity contribution in [2.45, 2.75) is 44.7 Å². The molecule has 0 aromatic rings. The van der Waals surface area contributed by atoms with Crippen molar-refractivity contribution < 1.29 is 0 Å². The monoisotopic (exact) mass is 139 g/mol. The summed E-state index contributed by atoms with van der Waals surface area (Å²) in [6.07, 6.45) is 5.90. The van der Waals surface area contributed by atoms with Gasteiger partial charge < -0.3 is 4.90 Å². The lowest BCUT2D eigenvalue weighted by atomic mass is 10.0. The van der Waals surface area contributed by atoms with Crippen LogP contribution in [0.2, 0.25) is 0 Å². The van der Waals surface area contributed by atoms with Crippen molar-refractivity contribution in [3.63, 3.8) is 0 Å². The Morgan fingerprint density at radius 3 is 2.80 bits per heavy atom. The first kappa shape index (κ1) is 6.66. The Bertz CT molecular complexity index is 131. The van der Waals surface area contributed by atoms with Crippen molar-refractivity contribution in [1.29, 1.82) is 0 Å². The molecule has 3 atom stereocenters. The third-order valence-corrected chi connectivity index (χ3v) is 3.48. The summed E-state index contributed by atoms with van der Waals surface area (Å²) in [5, 5.41) is 0. The normalized spacial score (nSPS) is 48.0. The smallest absolute Gasteiger partial charge is 0.0124 e. The molecule has 2 aliphatic rings. The third kappa shape index (κ3) is 0.800. The van der Waals surface area contributed by atoms with Crippen molar-refractivity contribution >= 4 is 0 Å². The molecule has 0 N–H and O–H groups in total. The topological polar surface area (TPSA) is 3.24 Å².